The number of aryl methyl sites for hydroxylation is 1. The molecule has 2 heterocycles. The van der Waals surface area contributed by atoms with Crippen LogP contribution in [0.3, 0.4) is 0 Å². The molecule has 1 aromatic heterocycles. The van der Waals surface area contributed by atoms with Crippen molar-refractivity contribution in [1.82, 2.24) is 19.9 Å². The van der Waals surface area contributed by atoms with Gasteiger partial charge in [0.05, 0.1) is 13.2 Å². The minimum Gasteiger partial charge on any atom is -0.378 e. The van der Waals surface area contributed by atoms with E-state index in [9.17, 15) is 9.59 Å². The molecule has 4 rings (SSSR count). The number of hydrogen-bond donors (Lipinski definition) is 0. The van der Waals surface area contributed by atoms with Gasteiger partial charge in [0.1, 0.15) is 0 Å². The molecule has 8 heteroatoms. The van der Waals surface area contributed by atoms with E-state index in [2.05, 4.69) is 17.1 Å². The molecule has 33 heavy (non-hydrogen) atoms. The largest absolute Gasteiger partial charge is 0.378 e. The minimum absolute atomic E-state index is 0.00638. The molecule has 1 aliphatic heterocycles. The van der Waals surface area contributed by atoms with Gasteiger partial charge >= 0.3 is 0 Å². The number of carbonyl (C=O) groups is 2. The molecule has 0 spiro atoms. The molecule has 2 aromatic carbocycles. The summed E-state index contributed by atoms with van der Waals surface area (Å²) < 4.78 is 10.7. The van der Waals surface area contributed by atoms with E-state index in [1.54, 1.807) is 41.1 Å². The van der Waals surface area contributed by atoms with E-state index < -0.39 is 0 Å². The lowest BCUT2D eigenvalue weighted by Crippen LogP contribution is -2.40. The molecule has 2 amide bonds. The fraction of sp³-hybridized carbons (Fsp3) is 0.360. The third kappa shape index (κ3) is 5.46. The van der Waals surface area contributed by atoms with E-state index >= 15 is 0 Å². The molecule has 0 bridgehead atoms. The van der Waals surface area contributed by atoms with E-state index in [1.165, 1.54) is 5.56 Å². The zero-order valence-electron chi connectivity index (χ0n) is 19.0. The summed E-state index contributed by atoms with van der Waals surface area (Å²) in [6, 6.07) is 14.8. The molecule has 0 saturated carbocycles. The number of benzene rings is 2. The summed E-state index contributed by atoms with van der Waals surface area (Å²) in [5, 5.41) is 4.04. The topological polar surface area (TPSA) is 88.8 Å². The van der Waals surface area contributed by atoms with Crippen molar-refractivity contribution in [2.24, 2.45) is 0 Å². The van der Waals surface area contributed by atoms with Crippen LogP contribution in [0.4, 0.5) is 0 Å². The second-order valence-electron chi connectivity index (χ2n) is 8.02. The average Bonchev–Trinajstić information content (AvgIpc) is 3.36. The van der Waals surface area contributed by atoms with E-state index in [0.717, 1.165) is 12.0 Å². The van der Waals surface area contributed by atoms with Gasteiger partial charge in [0, 0.05) is 49.8 Å². The number of amides is 2. The second-order valence-corrected chi connectivity index (χ2v) is 8.02. The first-order valence-electron chi connectivity index (χ1n) is 11.2. The standard InChI is InChI=1S/C25H28N4O4/c1-3-18-4-6-20(7-5-18)24(30)28(2)13-12-22-26-23(33-27-22)19-8-10-21(11-9-19)25(31)29-14-16-32-17-15-29/h4-11H,3,12-17H2,1-2H3. The molecule has 172 valence electrons. The molecular formula is C25H28N4O4. The Morgan fingerprint density at radius 1 is 1.00 bits per heavy atom. The van der Waals surface area contributed by atoms with E-state index in [1.807, 2.05) is 24.3 Å². The molecule has 0 radical (unpaired) electrons. The number of rotatable bonds is 7. The van der Waals surface area contributed by atoms with Crippen LogP contribution in [0, 0.1) is 0 Å². The number of carbonyl (C=O) groups excluding carboxylic acids is 2. The minimum atomic E-state index is -0.0399. The van der Waals surface area contributed by atoms with Gasteiger partial charge in [0.2, 0.25) is 0 Å². The molecule has 8 nitrogen and oxygen atoms in total. The van der Waals surface area contributed by atoms with Crippen molar-refractivity contribution >= 4 is 11.8 Å². The first-order chi connectivity index (χ1) is 16.0. The van der Waals surface area contributed by atoms with Crippen LogP contribution in [0.1, 0.15) is 39.0 Å². The molecule has 0 unspecified atom stereocenters. The van der Waals surface area contributed by atoms with Crippen molar-refractivity contribution in [2.45, 2.75) is 19.8 Å². The van der Waals surface area contributed by atoms with E-state index in [-0.39, 0.29) is 11.8 Å². The Morgan fingerprint density at radius 2 is 1.67 bits per heavy atom. The van der Waals surface area contributed by atoms with Gasteiger partial charge in [-0.25, -0.2) is 0 Å². The van der Waals surface area contributed by atoms with Crippen LogP contribution >= 0.6 is 0 Å². The molecule has 3 aromatic rings. The van der Waals surface area contributed by atoms with Crippen LogP contribution in [-0.2, 0) is 17.6 Å². The monoisotopic (exact) mass is 448 g/mol. The normalized spacial score (nSPS) is 13.7. The van der Waals surface area contributed by atoms with Gasteiger partial charge in [-0.05, 0) is 48.4 Å². The average molecular weight is 449 g/mol. The first-order valence-corrected chi connectivity index (χ1v) is 11.2. The highest BCUT2D eigenvalue weighted by Crippen LogP contribution is 2.19. The lowest BCUT2D eigenvalue weighted by atomic mass is 10.1. The van der Waals surface area contributed by atoms with Crippen molar-refractivity contribution in [2.75, 3.05) is 39.9 Å². The van der Waals surface area contributed by atoms with E-state index in [4.69, 9.17) is 9.26 Å². The Hall–Kier alpha value is -3.52. The van der Waals surface area contributed by atoms with Crippen molar-refractivity contribution in [3.8, 4) is 11.5 Å². The van der Waals surface area contributed by atoms with Gasteiger partial charge in [-0.1, -0.05) is 24.2 Å². The van der Waals surface area contributed by atoms with Crippen LogP contribution < -0.4 is 0 Å². The van der Waals surface area contributed by atoms with Crippen molar-refractivity contribution in [3.63, 3.8) is 0 Å². The number of nitrogens with zero attached hydrogens (tertiary/aromatic N) is 4. The molecule has 1 saturated heterocycles. The summed E-state index contributed by atoms with van der Waals surface area (Å²) in [7, 11) is 1.77. The van der Waals surface area contributed by atoms with Crippen LogP contribution in [-0.4, -0.2) is 71.7 Å². The lowest BCUT2D eigenvalue weighted by Gasteiger charge is -2.26. The van der Waals surface area contributed by atoms with E-state index in [0.29, 0.717) is 62.1 Å². The Labute approximate surface area is 193 Å². The van der Waals surface area contributed by atoms with Gasteiger partial charge in [0.25, 0.3) is 17.7 Å². The fourth-order valence-electron chi connectivity index (χ4n) is 3.65. The zero-order valence-corrected chi connectivity index (χ0v) is 19.0. The molecule has 0 aliphatic carbocycles. The Balaban J connectivity index is 1.33. The van der Waals surface area contributed by atoms with Crippen LogP contribution in [0.5, 0.6) is 0 Å². The highest BCUT2D eigenvalue weighted by atomic mass is 16.5. The first kappa shape index (κ1) is 22.7. The van der Waals surface area contributed by atoms with Crippen molar-refractivity contribution in [1.29, 1.82) is 0 Å². The van der Waals surface area contributed by atoms with Crippen molar-refractivity contribution < 1.29 is 18.8 Å². The van der Waals surface area contributed by atoms with Crippen LogP contribution in [0.25, 0.3) is 11.5 Å². The maximum atomic E-state index is 12.6. The predicted molar refractivity (Wildman–Crippen MR) is 123 cm³/mol. The van der Waals surface area contributed by atoms with Gasteiger partial charge in [-0.15, -0.1) is 0 Å². The number of likely N-dealkylation sites (N-methyl/N-ethyl adjacent to an activating group) is 1. The molecule has 0 atom stereocenters. The number of ether oxygens (including phenoxy) is 1. The van der Waals surface area contributed by atoms with Crippen molar-refractivity contribution in [3.05, 3.63) is 71.0 Å². The number of aromatic nitrogens is 2. The second kappa shape index (κ2) is 10.4. The summed E-state index contributed by atoms with van der Waals surface area (Å²) in [6.45, 7) is 4.91. The van der Waals surface area contributed by atoms with Crippen LogP contribution in [0.15, 0.2) is 53.1 Å². The van der Waals surface area contributed by atoms with Gasteiger partial charge in [-0.3, -0.25) is 9.59 Å². The predicted octanol–water partition coefficient (Wildman–Crippen LogP) is 3.09. The fourth-order valence-corrected chi connectivity index (χ4v) is 3.65. The van der Waals surface area contributed by atoms with Crippen LogP contribution in [0.2, 0.25) is 0 Å². The number of hydrogen-bond acceptors (Lipinski definition) is 6. The third-order valence-corrected chi connectivity index (χ3v) is 5.77. The Kier molecular flexibility index (Phi) is 7.14. The summed E-state index contributed by atoms with van der Waals surface area (Å²) in [4.78, 5) is 33.1. The van der Waals surface area contributed by atoms with Gasteiger partial charge < -0.3 is 19.1 Å². The highest BCUT2D eigenvalue weighted by Gasteiger charge is 2.19. The maximum absolute atomic E-state index is 12.6. The van der Waals surface area contributed by atoms with Gasteiger partial charge in [0.15, 0.2) is 5.82 Å². The number of morpholine rings is 1. The Morgan fingerprint density at radius 3 is 2.33 bits per heavy atom. The summed E-state index contributed by atoms with van der Waals surface area (Å²) in [5.41, 5.74) is 3.22. The highest BCUT2D eigenvalue weighted by molar-refractivity contribution is 5.95. The summed E-state index contributed by atoms with van der Waals surface area (Å²) in [6.07, 6.45) is 1.42. The lowest BCUT2D eigenvalue weighted by molar-refractivity contribution is 0.0303. The molecule has 1 fully saturated rings. The third-order valence-electron chi connectivity index (χ3n) is 5.77. The smallest absolute Gasteiger partial charge is 0.257 e. The SMILES string of the molecule is CCc1ccc(C(=O)N(C)CCc2noc(-c3ccc(C(=O)N4CCOCC4)cc3)n2)cc1. The maximum Gasteiger partial charge on any atom is 0.257 e. The Bertz CT molecular complexity index is 1090. The quantitative estimate of drug-likeness (QED) is 0.552. The van der Waals surface area contributed by atoms with Gasteiger partial charge in [-0.2, -0.15) is 4.98 Å². The molecule has 0 N–H and O–H groups in total. The zero-order chi connectivity index (χ0) is 23.2. The summed E-state index contributed by atoms with van der Waals surface area (Å²) in [5.74, 6) is 0.869. The molecular weight excluding hydrogens is 420 g/mol. The molecule has 1 aliphatic rings. The summed E-state index contributed by atoms with van der Waals surface area (Å²) >= 11 is 0.